The van der Waals surface area contributed by atoms with Gasteiger partial charge in [-0.05, 0) is 43.5 Å². The molecule has 0 radical (unpaired) electrons. The van der Waals surface area contributed by atoms with Gasteiger partial charge in [-0.3, -0.25) is 4.68 Å². The molecule has 1 aliphatic heterocycles. The quantitative estimate of drug-likeness (QED) is 0.918. The number of likely N-dealkylation sites (tertiary alicyclic amines) is 1. The molecule has 0 unspecified atom stereocenters. The van der Waals surface area contributed by atoms with E-state index < -0.39 is 0 Å². The molecule has 2 aromatic rings. The largest absolute Gasteiger partial charge is 0.497 e. The van der Waals surface area contributed by atoms with Crippen molar-refractivity contribution in [2.45, 2.75) is 38.4 Å². The van der Waals surface area contributed by atoms with Gasteiger partial charge in [-0.2, -0.15) is 5.10 Å². The number of carbonyl (C=O) groups excluding carboxylic acids is 1. The van der Waals surface area contributed by atoms with E-state index in [2.05, 4.69) is 10.4 Å². The molecule has 0 bridgehead atoms. The zero-order valence-electron chi connectivity index (χ0n) is 14.2. The third-order valence-electron chi connectivity index (χ3n) is 4.40. The van der Waals surface area contributed by atoms with Crippen molar-refractivity contribution in [2.75, 3.05) is 13.7 Å². The average molecular weight is 328 g/mol. The number of methoxy groups -OCH3 is 1. The maximum atomic E-state index is 12.7. The van der Waals surface area contributed by atoms with Crippen molar-refractivity contribution >= 4 is 6.03 Å². The summed E-state index contributed by atoms with van der Waals surface area (Å²) in [6, 6.07) is 10.0. The van der Waals surface area contributed by atoms with Crippen molar-refractivity contribution in [1.29, 1.82) is 0 Å². The predicted octanol–water partition coefficient (Wildman–Crippen LogP) is 2.83. The van der Waals surface area contributed by atoms with Crippen LogP contribution in [0.4, 0.5) is 4.79 Å². The van der Waals surface area contributed by atoms with E-state index in [1.807, 2.05) is 53.0 Å². The van der Waals surface area contributed by atoms with Gasteiger partial charge in [-0.1, -0.05) is 12.1 Å². The van der Waals surface area contributed by atoms with Gasteiger partial charge >= 0.3 is 6.03 Å². The second-order valence-electron chi connectivity index (χ2n) is 6.20. The van der Waals surface area contributed by atoms with Crippen LogP contribution in [0, 0.1) is 0 Å². The molecule has 0 aliphatic carbocycles. The summed E-state index contributed by atoms with van der Waals surface area (Å²) in [5.41, 5.74) is 1.16. The molecule has 1 N–H and O–H groups in total. The van der Waals surface area contributed by atoms with Crippen LogP contribution in [0.3, 0.4) is 0 Å². The summed E-state index contributed by atoms with van der Waals surface area (Å²) in [7, 11) is 1.66. The fourth-order valence-electron chi connectivity index (χ4n) is 3.21. The summed E-state index contributed by atoms with van der Waals surface area (Å²) in [5, 5.41) is 7.26. The summed E-state index contributed by atoms with van der Waals surface area (Å²) in [5.74, 6) is 0.834. The number of nitrogens with one attached hydrogen (secondary N) is 1. The lowest BCUT2D eigenvalue weighted by molar-refractivity contribution is 0.188. The highest BCUT2D eigenvalue weighted by Gasteiger charge is 2.30. The number of carbonyl (C=O) groups is 1. The Labute approximate surface area is 142 Å². The SMILES string of the molecule is COc1ccc([C@@H]2CCCN2C(=O)N[C@@H](C)Cn2cccn2)cc1. The van der Waals surface area contributed by atoms with E-state index in [1.54, 1.807) is 13.3 Å². The number of ether oxygens (including phenoxy) is 1. The first kappa shape index (κ1) is 16.4. The van der Waals surface area contributed by atoms with Crippen LogP contribution in [0.2, 0.25) is 0 Å². The molecule has 2 atom stereocenters. The molecule has 3 rings (SSSR count). The number of benzene rings is 1. The molecule has 24 heavy (non-hydrogen) atoms. The van der Waals surface area contributed by atoms with Crippen molar-refractivity contribution < 1.29 is 9.53 Å². The third kappa shape index (κ3) is 3.69. The molecule has 128 valence electrons. The van der Waals surface area contributed by atoms with Crippen LogP contribution in [0.5, 0.6) is 5.75 Å². The van der Waals surface area contributed by atoms with Gasteiger partial charge in [0.25, 0.3) is 0 Å². The van der Waals surface area contributed by atoms with Crippen LogP contribution < -0.4 is 10.1 Å². The highest BCUT2D eigenvalue weighted by molar-refractivity contribution is 5.75. The fraction of sp³-hybridized carbons (Fsp3) is 0.444. The van der Waals surface area contributed by atoms with Crippen LogP contribution >= 0.6 is 0 Å². The number of rotatable bonds is 5. The smallest absolute Gasteiger partial charge is 0.318 e. The molecule has 0 saturated carbocycles. The molecule has 1 aromatic carbocycles. The minimum absolute atomic E-state index is 0.00651. The zero-order valence-corrected chi connectivity index (χ0v) is 14.2. The number of aromatic nitrogens is 2. The molecular formula is C18H24N4O2. The van der Waals surface area contributed by atoms with E-state index in [1.165, 1.54) is 0 Å². The standard InChI is InChI=1S/C18H24N4O2/c1-14(13-21-11-4-10-19-21)20-18(23)22-12-3-5-17(22)15-6-8-16(24-2)9-7-15/h4,6-11,14,17H,3,5,12-13H2,1-2H3,(H,20,23)/t14-,17-/m0/s1. The Balaban J connectivity index is 1.62. The molecule has 2 heterocycles. The normalized spacial score (nSPS) is 18.4. The molecule has 1 aromatic heterocycles. The number of amides is 2. The number of urea groups is 1. The van der Waals surface area contributed by atoms with Gasteiger partial charge in [0.15, 0.2) is 0 Å². The zero-order chi connectivity index (χ0) is 16.9. The topological polar surface area (TPSA) is 59.4 Å². The molecule has 6 heteroatoms. The van der Waals surface area contributed by atoms with Crippen molar-refractivity contribution in [3.8, 4) is 5.75 Å². The van der Waals surface area contributed by atoms with E-state index in [0.29, 0.717) is 6.54 Å². The van der Waals surface area contributed by atoms with E-state index in [0.717, 1.165) is 30.7 Å². The number of hydrogen-bond acceptors (Lipinski definition) is 3. The Morgan fingerprint density at radius 1 is 1.42 bits per heavy atom. The second kappa shape index (κ2) is 7.38. The van der Waals surface area contributed by atoms with Crippen LogP contribution in [0.1, 0.15) is 31.4 Å². The summed E-state index contributed by atoms with van der Waals surface area (Å²) in [6.45, 7) is 3.45. The Hall–Kier alpha value is -2.50. The van der Waals surface area contributed by atoms with Crippen LogP contribution in [-0.4, -0.2) is 40.4 Å². The van der Waals surface area contributed by atoms with Crippen molar-refractivity contribution in [1.82, 2.24) is 20.0 Å². The van der Waals surface area contributed by atoms with Gasteiger partial charge in [-0.25, -0.2) is 4.79 Å². The molecule has 1 aliphatic rings. The summed E-state index contributed by atoms with van der Waals surface area (Å²) in [4.78, 5) is 14.6. The molecule has 1 saturated heterocycles. The first-order valence-corrected chi connectivity index (χ1v) is 8.36. The lowest BCUT2D eigenvalue weighted by Gasteiger charge is -2.27. The summed E-state index contributed by atoms with van der Waals surface area (Å²) < 4.78 is 7.04. The third-order valence-corrected chi connectivity index (χ3v) is 4.40. The average Bonchev–Trinajstić information content (AvgIpc) is 3.26. The highest BCUT2D eigenvalue weighted by atomic mass is 16.5. The van der Waals surface area contributed by atoms with Crippen molar-refractivity contribution in [3.63, 3.8) is 0 Å². The van der Waals surface area contributed by atoms with E-state index in [9.17, 15) is 4.79 Å². The van der Waals surface area contributed by atoms with Gasteiger partial charge in [0, 0.05) is 25.0 Å². The van der Waals surface area contributed by atoms with Crippen LogP contribution in [-0.2, 0) is 6.54 Å². The monoisotopic (exact) mass is 328 g/mol. The van der Waals surface area contributed by atoms with Crippen molar-refractivity contribution in [2.24, 2.45) is 0 Å². The summed E-state index contributed by atoms with van der Waals surface area (Å²) >= 11 is 0. The van der Waals surface area contributed by atoms with E-state index in [4.69, 9.17) is 4.74 Å². The summed E-state index contributed by atoms with van der Waals surface area (Å²) in [6.07, 6.45) is 5.67. The predicted molar refractivity (Wildman–Crippen MR) is 91.9 cm³/mol. The molecule has 6 nitrogen and oxygen atoms in total. The first-order valence-electron chi connectivity index (χ1n) is 8.36. The van der Waals surface area contributed by atoms with E-state index in [-0.39, 0.29) is 18.1 Å². The first-order chi connectivity index (χ1) is 11.7. The molecule has 0 spiro atoms. The Morgan fingerprint density at radius 2 is 2.21 bits per heavy atom. The lowest BCUT2D eigenvalue weighted by atomic mass is 10.0. The lowest BCUT2D eigenvalue weighted by Crippen LogP contribution is -2.44. The second-order valence-corrected chi connectivity index (χ2v) is 6.20. The van der Waals surface area contributed by atoms with E-state index >= 15 is 0 Å². The van der Waals surface area contributed by atoms with Gasteiger partial charge < -0.3 is 15.0 Å². The van der Waals surface area contributed by atoms with Gasteiger partial charge in [-0.15, -0.1) is 0 Å². The number of nitrogens with zero attached hydrogens (tertiary/aromatic N) is 3. The Bertz CT molecular complexity index is 654. The minimum Gasteiger partial charge on any atom is -0.497 e. The molecule has 1 fully saturated rings. The Morgan fingerprint density at radius 3 is 2.88 bits per heavy atom. The van der Waals surface area contributed by atoms with Gasteiger partial charge in [0.1, 0.15) is 5.75 Å². The molecular weight excluding hydrogens is 304 g/mol. The Kier molecular flexibility index (Phi) is 5.03. The van der Waals surface area contributed by atoms with Crippen LogP contribution in [0.15, 0.2) is 42.7 Å². The number of hydrogen-bond donors (Lipinski definition) is 1. The molecule has 2 amide bonds. The highest BCUT2D eigenvalue weighted by Crippen LogP contribution is 2.32. The maximum absolute atomic E-state index is 12.7. The fourth-order valence-corrected chi connectivity index (χ4v) is 3.21. The van der Waals surface area contributed by atoms with Crippen LogP contribution in [0.25, 0.3) is 0 Å². The minimum atomic E-state index is -0.00651. The maximum Gasteiger partial charge on any atom is 0.318 e. The van der Waals surface area contributed by atoms with Crippen molar-refractivity contribution in [3.05, 3.63) is 48.3 Å². The van der Waals surface area contributed by atoms with Gasteiger partial charge in [0.2, 0.25) is 0 Å². The van der Waals surface area contributed by atoms with Gasteiger partial charge in [0.05, 0.1) is 19.7 Å².